The van der Waals surface area contributed by atoms with E-state index in [4.69, 9.17) is 0 Å². The Bertz CT molecular complexity index is 775. The van der Waals surface area contributed by atoms with Gasteiger partial charge in [0.2, 0.25) is 5.95 Å². The lowest BCUT2D eigenvalue weighted by molar-refractivity contribution is -0.892. The van der Waals surface area contributed by atoms with Gasteiger partial charge in [0.25, 0.3) is 5.91 Å². The van der Waals surface area contributed by atoms with Crippen LogP contribution < -0.4 is 9.80 Å². The van der Waals surface area contributed by atoms with Crippen LogP contribution in [0, 0.1) is 5.82 Å². The Morgan fingerprint density at radius 2 is 1.85 bits per heavy atom. The zero-order valence-corrected chi connectivity index (χ0v) is 15.4. The van der Waals surface area contributed by atoms with E-state index in [1.165, 1.54) is 11.0 Å². The van der Waals surface area contributed by atoms with Crippen LogP contribution in [0.3, 0.4) is 0 Å². The van der Waals surface area contributed by atoms with E-state index in [0.717, 1.165) is 45.0 Å². The second-order valence-corrected chi connectivity index (χ2v) is 7.31. The predicted molar refractivity (Wildman–Crippen MR) is 99.8 cm³/mol. The number of carbonyl (C=O) groups is 1. The first-order valence-electron chi connectivity index (χ1n) is 9.59. The zero-order valence-electron chi connectivity index (χ0n) is 15.4. The van der Waals surface area contributed by atoms with Crippen LogP contribution in [0.15, 0.2) is 42.7 Å². The van der Waals surface area contributed by atoms with Gasteiger partial charge in [-0.2, -0.15) is 0 Å². The molecule has 1 saturated heterocycles. The molecule has 0 atom stereocenters. The van der Waals surface area contributed by atoms with Crippen LogP contribution in [0.2, 0.25) is 0 Å². The number of hydrogen-bond donors (Lipinski definition) is 1. The highest BCUT2D eigenvalue weighted by Gasteiger charge is 2.35. The van der Waals surface area contributed by atoms with Gasteiger partial charge in [-0.05, 0) is 25.0 Å². The van der Waals surface area contributed by atoms with Crippen LogP contribution >= 0.6 is 0 Å². The number of nitrogens with one attached hydrogen (secondary N) is 1. The number of hydrogen-bond acceptors (Lipinski definition) is 4. The van der Waals surface area contributed by atoms with E-state index in [0.29, 0.717) is 18.7 Å². The summed E-state index contributed by atoms with van der Waals surface area (Å²) in [6, 6.07) is 8.82. The van der Waals surface area contributed by atoms with Crippen LogP contribution in [0.25, 0.3) is 0 Å². The molecule has 1 N–H and O–H groups in total. The Kier molecular flexibility index (Phi) is 5.29. The van der Waals surface area contributed by atoms with Gasteiger partial charge in [0, 0.05) is 30.5 Å². The molecule has 1 aliphatic carbocycles. The highest BCUT2D eigenvalue weighted by Crippen LogP contribution is 2.28. The SMILES string of the molecule is O=C(C[NH+]1CCN(c2ncccn2)CC1)N(Cc1ccccc1F)C1CC1. The summed E-state index contributed by atoms with van der Waals surface area (Å²) in [5.41, 5.74) is 0.596. The topological polar surface area (TPSA) is 53.8 Å². The molecule has 1 saturated carbocycles. The number of carbonyl (C=O) groups excluding carboxylic acids is 1. The minimum atomic E-state index is -0.236. The van der Waals surface area contributed by atoms with E-state index in [2.05, 4.69) is 14.9 Å². The largest absolute Gasteiger partial charge is 0.330 e. The maximum Gasteiger partial charge on any atom is 0.278 e. The number of anilines is 1. The van der Waals surface area contributed by atoms with Crippen molar-refractivity contribution in [2.24, 2.45) is 0 Å². The van der Waals surface area contributed by atoms with Gasteiger partial charge in [-0.25, -0.2) is 14.4 Å². The third-order valence-electron chi connectivity index (χ3n) is 5.31. The molecule has 4 rings (SSSR count). The molecule has 27 heavy (non-hydrogen) atoms. The van der Waals surface area contributed by atoms with Crippen molar-refractivity contribution in [3.05, 3.63) is 54.1 Å². The average molecular weight is 370 g/mol. The molecule has 6 nitrogen and oxygen atoms in total. The highest BCUT2D eigenvalue weighted by atomic mass is 19.1. The van der Waals surface area contributed by atoms with Gasteiger partial charge in [0.05, 0.1) is 26.2 Å². The van der Waals surface area contributed by atoms with E-state index in [9.17, 15) is 9.18 Å². The van der Waals surface area contributed by atoms with Gasteiger partial charge in [0.1, 0.15) is 5.82 Å². The Morgan fingerprint density at radius 3 is 2.52 bits per heavy atom. The third-order valence-corrected chi connectivity index (χ3v) is 5.31. The van der Waals surface area contributed by atoms with E-state index < -0.39 is 0 Å². The molecule has 1 aromatic carbocycles. The standard InChI is InChI=1S/C20H24FN5O/c21-18-5-2-1-4-16(18)14-26(17-6-7-17)19(27)15-24-10-12-25(13-11-24)20-22-8-3-9-23-20/h1-5,8-9,17H,6-7,10-15H2/p+1. The van der Waals surface area contributed by atoms with E-state index in [1.807, 2.05) is 17.0 Å². The summed E-state index contributed by atoms with van der Waals surface area (Å²) in [6.45, 7) is 4.26. The number of nitrogens with zero attached hydrogens (tertiary/aromatic N) is 4. The minimum Gasteiger partial charge on any atom is -0.330 e. The van der Waals surface area contributed by atoms with Crippen LogP contribution in [0.1, 0.15) is 18.4 Å². The molecule has 2 aliphatic rings. The molecule has 2 fully saturated rings. The fraction of sp³-hybridized carbons (Fsp3) is 0.450. The van der Waals surface area contributed by atoms with Crippen molar-refractivity contribution in [1.82, 2.24) is 14.9 Å². The van der Waals surface area contributed by atoms with E-state index >= 15 is 0 Å². The summed E-state index contributed by atoms with van der Waals surface area (Å²) in [5.74, 6) is 0.641. The third kappa shape index (κ3) is 4.42. The Labute approximate surface area is 158 Å². The molecule has 142 valence electrons. The summed E-state index contributed by atoms with van der Waals surface area (Å²) >= 11 is 0. The fourth-order valence-corrected chi connectivity index (χ4v) is 3.59. The number of benzene rings is 1. The quantitative estimate of drug-likeness (QED) is 0.805. The van der Waals surface area contributed by atoms with Crippen LogP contribution in [-0.4, -0.2) is 59.5 Å². The first-order chi connectivity index (χ1) is 13.2. The molecule has 0 unspecified atom stereocenters. The Balaban J connectivity index is 1.33. The van der Waals surface area contributed by atoms with E-state index in [1.54, 1.807) is 24.5 Å². The van der Waals surface area contributed by atoms with Crippen molar-refractivity contribution in [1.29, 1.82) is 0 Å². The monoisotopic (exact) mass is 370 g/mol. The summed E-state index contributed by atoms with van der Waals surface area (Å²) < 4.78 is 14.0. The predicted octanol–water partition coefficient (Wildman–Crippen LogP) is 0.512. The van der Waals surface area contributed by atoms with Gasteiger partial charge in [0.15, 0.2) is 6.54 Å². The number of rotatable bonds is 6. The molecular formula is C20H25FN5O+. The molecule has 0 bridgehead atoms. The molecule has 1 amide bonds. The summed E-state index contributed by atoms with van der Waals surface area (Å²) in [4.78, 5) is 26.8. The van der Waals surface area contributed by atoms with Gasteiger partial charge in [-0.15, -0.1) is 0 Å². The second kappa shape index (κ2) is 8.00. The van der Waals surface area contributed by atoms with Crippen LogP contribution in [-0.2, 0) is 11.3 Å². The maximum atomic E-state index is 14.0. The number of quaternary nitrogens is 1. The molecule has 0 radical (unpaired) electrons. The van der Waals surface area contributed by atoms with Crippen molar-refractivity contribution < 1.29 is 14.1 Å². The maximum absolute atomic E-state index is 14.0. The molecule has 1 aliphatic heterocycles. The zero-order chi connectivity index (χ0) is 18.6. The molecule has 2 heterocycles. The van der Waals surface area contributed by atoms with Crippen molar-refractivity contribution in [3.63, 3.8) is 0 Å². The van der Waals surface area contributed by atoms with Crippen LogP contribution in [0.4, 0.5) is 10.3 Å². The van der Waals surface area contributed by atoms with Crippen molar-refractivity contribution >= 4 is 11.9 Å². The number of aromatic nitrogens is 2. The smallest absolute Gasteiger partial charge is 0.278 e. The van der Waals surface area contributed by atoms with E-state index in [-0.39, 0.29) is 17.8 Å². The molecule has 7 heteroatoms. The lowest BCUT2D eigenvalue weighted by atomic mass is 10.2. The summed E-state index contributed by atoms with van der Waals surface area (Å²) in [6.07, 6.45) is 5.55. The minimum absolute atomic E-state index is 0.125. The molecular weight excluding hydrogens is 345 g/mol. The van der Waals surface area contributed by atoms with Crippen molar-refractivity contribution in [2.45, 2.75) is 25.4 Å². The molecule has 1 aromatic heterocycles. The number of halogens is 1. The Morgan fingerprint density at radius 1 is 1.15 bits per heavy atom. The lowest BCUT2D eigenvalue weighted by Gasteiger charge is -2.33. The lowest BCUT2D eigenvalue weighted by Crippen LogP contribution is -3.16. The number of amides is 1. The Hall–Kier alpha value is -2.54. The van der Waals surface area contributed by atoms with Crippen molar-refractivity contribution in [2.75, 3.05) is 37.6 Å². The van der Waals surface area contributed by atoms with Gasteiger partial charge >= 0.3 is 0 Å². The fourth-order valence-electron chi connectivity index (χ4n) is 3.59. The number of piperazine rings is 1. The first kappa shape index (κ1) is 17.9. The van der Waals surface area contributed by atoms with Gasteiger partial charge in [-0.1, -0.05) is 18.2 Å². The first-order valence-corrected chi connectivity index (χ1v) is 9.59. The summed E-state index contributed by atoms with van der Waals surface area (Å²) in [5, 5.41) is 0. The second-order valence-electron chi connectivity index (χ2n) is 7.31. The molecule has 0 spiro atoms. The molecule has 2 aromatic rings. The normalized spacial score (nSPS) is 17.7. The highest BCUT2D eigenvalue weighted by molar-refractivity contribution is 5.77. The summed E-state index contributed by atoms with van der Waals surface area (Å²) in [7, 11) is 0. The average Bonchev–Trinajstić information content (AvgIpc) is 3.53. The van der Waals surface area contributed by atoms with Gasteiger partial charge in [-0.3, -0.25) is 4.79 Å². The van der Waals surface area contributed by atoms with Crippen molar-refractivity contribution in [3.8, 4) is 0 Å². The van der Waals surface area contributed by atoms with Gasteiger partial charge < -0.3 is 14.7 Å². The van der Waals surface area contributed by atoms with Crippen LogP contribution in [0.5, 0.6) is 0 Å².